The summed E-state index contributed by atoms with van der Waals surface area (Å²) in [5, 5.41) is 3.82. The van der Waals surface area contributed by atoms with Crippen molar-refractivity contribution in [3.05, 3.63) is 0 Å². The van der Waals surface area contributed by atoms with Crippen LogP contribution in [0.4, 0.5) is 0 Å². The Hall–Kier alpha value is -0.0800. The van der Waals surface area contributed by atoms with Crippen LogP contribution in [0.1, 0.15) is 72.1 Å². The molecule has 0 spiro atoms. The highest BCUT2D eigenvalue weighted by Crippen LogP contribution is 2.32. The van der Waals surface area contributed by atoms with Crippen molar-refractivity contribution in [1.82, 2.24) is 10.2 Å². The summed E-state index contributed by atoms with van der Waals surface area (Å²) in [6, 6.07) is 0.770. The molecular weight excluding hydrogens is 244 g/mol. The van der Waals surface area contributed by atoms with E-state index in [1.165, 1.54) is 71.0 Å². The third-order valence-electron chi connectivity index (χ3n) is 4.88. The molecule has 3 atom stereocenters. The van der Waals surface area contributed by atoms with Crippen LogP contribution in [0.25, 0.3) is 0 Å². The fourth-order valence-corrected chi connectivity index (χ4v) is 3.75. The molecule has 1 aliphatic rings. The molecule has 1 N–H and O–H groups in total. The Morgan fingerprint density at radius 2 is 1.85 bits per heavy atom. The second kappa shape index (κ2) is 10.6. The Kier molecular flexibility index (Phi) is 9.54. The smallest absolute Gasteiger partial charge is 0.0108 e. The van der Waals surface area contributed by atoms with E-state index in [1.54, 1.807) is 0 Å². The van der Waals surface area contributed by atoms with Crippen LogP contribution >= 0.6 is 0 Å². The van der Waals surface area contributed by atoms with Crippen LogP contribution < -0.4 is 5.32 Å². The first-order chi connectivity index (χ1) is 9.71. The van der Waals surface area contributed by atoms with Gasteiger partial charge in [0.1, 0.15) is 0 Å². The molecule has 0 aromatic heterocycles. The van der Waals surface area contributed by atoms with Crippen molar-refractivity contribution in [2.45, 2.75) is 78.2 Å². The van der Waals surface area contributed by atoms with Crippen LogP contribution in [-0.2, 0) is 0 Å². The van der Waals surface area contributed by atoms with Gasteiger partial charge in [0, 0.05) is 12.6 Å². The molecule has 0 radical (unpaired) electrons. The molecule has 1 saturated carbocycles. The maximum Gasteiger partial charge on any atom is 0.0108 e. The Balaban J connectivity index is 2.47. The molecule has 2 heteroatoms. The second-order valence-electron chi connectivity index (χ2n) is 6.90. The lowest BCUT2D eigenvalue weighted by molar-refractivity contribution is 0.148. The Bertz CT molecular complexity index is 229. The molecule has 0 amide bonds. The van der Waals surface area contributed by atoms with E-state index in [0.717, 1.165) is 17.9 Å². The van der Waals surface area contributed by atoms with Crippen molar-refractivity contribution < 1.29 is 0 Å². The highest BCUT2D eigenvalue weighted by atomic mass is 15.1. The monoisotopic (exact) mass is 282 g/mol. The van der Waals surface area contributed by atoms with Gasteiger partial charge < -0.3 is 10.2 Å². The van der Waals surface area contributed by atoms with Gasteiger partial charge >= 0.3 is 0 Å². The quantitative estimate of drug-likeness (QED) is 0.642. The van der Waals surface area contributed by atoms with Gasteiger partial charge in [-0.25, -0.2) is 0 Å². The molecule has 2 nitrogen and oxygen atoms in total. The highest BCUT2D eigenvalue weighted by molar-refractivity contribution is 4.86. The van der Waals surface area contributed by atoms with E-state index in [0.29, 0.717) is 0 Å². The molecule has 0 heterocycles. The molecule has 0 aromatic rings. The summed E-state index contributed by atoms with van der Waals surface area (Å²) in [6.45, 7) is 10.7. The topological polar surface area (TPSA) is 15.3 Å². The third-order valence-corrected chi connectivity index (χ3v) is 4.88. The fourth-order valence-electron chi connectivity index (χ4n) is 3.75. The Labute approximate surface area is 127 Å². The minimum atomic E-state index is 0.770. The van der Waals surface area contributed by atoms with Crippen LogP contribution in [0, 0.1) is 11.8 Å². The van der Waals surface area contributed by atoms with E-state index in [1.807, 2.05) is 0 Å². The predicted molar refractivity (Wildman–Crippen MR) is 90.2 cm³/mol. The zero-order valence-electron chi connectivity index (χ0n) is 14.5. The fraction of sp³-hybridized carbons (Fsp3) is 1.00. The van der Waals surface area contributed by atoms with Gasteiger partial charge in [0.05, 0.1) is 0 Å². The molecule has 0 saturated heterocycles. The first-order valence-electron chi connectivity index (χ1n) is 9.13. The lowest BCUT2D eigenvalue weighted by Crippen LogP contribution is -2.45. The number of rotatable bonds is 10. The second-order valence-corrected chi connectivity index (χ2v) is 6.90. The first kappa shape index (κ1) is 18.0. The van der Waals surface area contributed by atoms with Crippen LogP contribution in [0.15, 0.2) is 0 Å². The van der Waals surface area contributed by atoms with Gasteiger partial charge in [-0.1, -0.05) is 40.0 Å². The van der Waals surface area contributed by atoms with E-state index in [4.69, 9.17) is 0 Å². The number of unbranched alkanes of at least 4 members (excludes halogenated alkanes) is 1. The van der Waals surface area contributed by atoms with Gasteiger partial charge in [-0.05, 0) is 64.1 Å². The number of hydrogen-bond donors (Lipinski definition) is 1. The Morgan fingerprint density at radius 3 is 2.50 bits per heavy atom. The first-order valence-corrected chi connectivity index (χ1v) is 9.13. The average molecular weight is 283 g/mol. The molecule has 120 valence electrons. The van der Waals surface area contributed by atoms with Crippen molar-refractivity contribution in [3.8, 4) is 0 Å². The molecule has 0 aliphatic heterocycles. The van der Waals surface area contributed by atoms with E-state index < -0.39 is 0 Å². The maximum absolute atomic E-state index is 3.82. The molecule has 1 fully saturated rings. The van der Waals surface area contributed by atoms with Crippen LogP contribution in [0.3, 0.4) is 0 Å². The minimum absolute atomic E-state index is 0.770. The standard InChI is InChI=1S/C18H38N2/c1-5-8-13-20(4)15-17-14-16(9-6-2)10-11-18(17)19-12-7-3/h16-19H,5-15H2,1-4H3. The van der Waals surface area contributed by atoms with E-state index in [2.05, 4.69) is 38.0 Å². The largest absolute Gasteiger partial charge is 0.314 e. The minimum Gasteiger partial charge on any atom is -0.314 e. The summed E-state index contributed by atoms with van der Waals surface area (Å²) < 4.78 is 0. The zero-order valence-corrected chi connectivity index (χ0v) is 14.5. The highest BCUT2D eigenvalue weighted by Gasteiger charge is 2.30. The van der Waals surface area contributed by atoms with Gasteiger partial charge in [-0.3, -0.25) is 0 Å². The van der Waals surface area contributed by atoms with Crippen molar-refractivity contribution in [2.24, 2.45) is 11.8 Å². The maximum atomic E-state index is 3.82. The summed E-state index contributed by atoms with van der Waals surface area (Å²) in [4.78, 5) is 2.57. The lowest BCUT2D eigenvalue weighted by atomic mass is 9.76. The number of nitrogens with zero attached hydrogens (tertiary/aromatic N) is 1. The molecule has 0 bridgehead atoms. The van der Waals surface area contributed by atoms with Crippen LogP contribution in [0.5, 0.6) is 0 Å². The van der Waals surface area contributed by atoms with Gasteiger partial charge in [-0.2, -0.15) is 0 Å². The summed E-state index contributed by atoms with van der Waals surface area (Å²) in [5.74, 6) is 1.86. The molecule has 1 aliphatic carbocycles. The van der Waals surface area contributed by atoms with E-state index in [9.17, 15) is 0 Å². The molecule has 20 heavy (non-hydrogen) atoms. The van der Waals surface area contributed by atoms with Crippen molar-refractivity contribution in [1.29, 1.82) is 0 Å². The van der Waals surface area contributed by atoms with Crippen molar-refractivity contribution in [2.75, 3.05) is 26.7 Å². The van der Waals surface area contributed by atoms with E-state index in [-0.39, 0.29) is 0 Å². The normalized spacial score (nSPS) is 27.1. The average Bonchev–Trinajstić information content (AvgIpc) is 2.44. The van der Waals surface area contributed by atoms with Crippen molar-refractivity contribution >= 4 is 0 Å². The van der Waals surface area contributed by atoms with Crippen LogP contribution in [-0.4, -0.2) is 37.6 Å². The van der Waals surface area contributed by atoms with Crippen LogP contribution in [0.2, 0.25) is 0 Å². The van der Waals surface area contributed by atoms with Gasteiger partial charge in [0.2, 0.25) is 0 Å². The summed E-state index contributed by atoms with van der Waals surface area (Å²) in [5.41, 5.74) is 0. The molecule has 1 rings (SSSR count). The predicted octanol–water partition coefficient (Wildman–Crippen LogP) is 4.30. The van der Waals surface area contributed by atoms with Gasteiger partial charge in [0.25, 0.3) is 0 Å². The summed E-state index contributed by atoms with van der Waals surface area (Å²) in [6.07, 6.45) is 11.0. The molecule has 0 aromatic carbocycles. The zero-order chi connectivity index (χ0) is 14.8. The van der Waals surface area contributed by atoms with Gasteiger partial charge in [-0.15, -0.1) is 0 Å². The summed E-state index contributed by atoms with van der Waals surface area (Å²) >= 11 is 0. The van der Waals surface area contributed by atoms with Gasteiger partial charge in [0.15, 0.2) is 0 Å². The molecular formula is C18H38N2. The number of nitrogens with one attached hydrogen (secondary N) is 1. The SMILES string of the molecule is CCCCN(C)CC1CC(CCC)CCC1NCCC. The lowest BCUT2D eigenvalue weighted by Gasteiger charge is -2.39. The summed E-state index contributed by atoms with van der Waals surface area (Å²) in [7, 11) is 2.32. The van der Waals surface area contributed by atoms with Crippen molar-refractivity contribution in [3.63, 3.8) is 0 Å². The third kappa shape index (κ3) is 6.58. The Morgan fingerprint density at radius 1 is 1.05 bits per heavy atom. The van der Waals surface area contributed by atoms with E-state index >= 15 is 0 Å². The molecule has 3 unspecified atom stereocenters. The number of hydrogen-bond acceptors (Lipinski definition) is 2.